The van der Waals surface area contributed by atoms with Crippen molar-refractivity contribution < 1.29 is 63.0 Å². The Morgan fingerprint density at radius 2 is 1.07 bits per heavy atom. The van der Waals surface area contributed by atoms with Gasteiger partial charge in [-0.25, -0.2) is 21.2 Å². The molecule has 1 heterocycles. The van der Waals surface area contributed by atoms with E-state index in [4.69, 9.17) is 28.3 Å². The Bertz CT molecular complexity index is 2490. The molecule has 1 unspecified atom stereocenters. The number of sulfonamides is 2. The fraction of sp³-hybridized carbons (Fsp3) is 0.200. The van der Waals surface area contributed by atoms with Gasteiger partial charge >= 0.3 is 19.2 Å². The quantitative estimate of drug-likeness (QED) is 0.102. The summed E-state index contributed by atoms with van der Waals surface area (Å²) >= 11 is 11.7. The number of amides is 1. The van der Waals surface area contributed by atoms with Gasteiger partial charge in [0.15, 0.2) is 0 Å². The Morgan fingerprint density at radius 1 is 0.656 bits per heavy atom. The number of halogens is 7. The van der Waals surface area contributed by atoms with E-state index in [0.717, 1.165) is 58.4 Å². The van der Waals surface area contributed by atoms with Gasteiger partial charge in [0.05, 0.1) is 27.2 Å². The van der Waals surface area contributed by atoms with Crippen molar-refractivity contribution in [3.63, 3.8) is 0 Å². The van der Waals surface area contributed by atoms with E-state index >= 15 is 0 Å². The molecule has 1 aliphatic rings. The van der Waals surface area contributed by atoms with Crippen molar-refractivity contribution in [3.05, 3.63) is 143 Å². The number of carboxylic acid groups (broad SMARTS) is 1. The van der Waals surface area contributed by atoms with Crippen LogP contribution >= 0.6 is 23.2 Å². The highest BCUT2D eigenvalue weighted by Crippen LogP contribution is 2.34. The summed E-state index contributed by atoms with van der Waals surface area (Å²) in [6.45, 7) is -6.99. The van der Waals surface area contributed by atoms with Gasteiger partial charge in [-0.3, -0.25) is 18.2 Å². The van der Waals surface area contributed by atoms with Gasteiger partial charge in [0, 0.05) is 16.6 Å². The second-order valence-electron chi connectivity index (χ2n) is 12.9. The zero-order valence-electron chi connectivity index (χ0n) is 31.3. The van der Waals surface area contributed by atoms with Crippen molar-refractivity contribution in [2.24, 2.45) is 0 Å². The molecule has 0 radical (unpaired) electrons. The highest BCUT2D eigenvalue weighted by Gasteiger charge is 2.34. The van der Waals surface area contributed by atoms with Crippen LogP contribution in [-0.2, 0) is 29.6 Å². The van der Waals surface area contributed by atoms with Crippen LogP contribution in [0.15, 0.2) is 131 Å². The molecule has 6 rings (SSSR count). The van der Waals surface area contributed by atoms with Gasteiger partial charge in [0.2, 0.25) is 5.91 Å². The minimum atomic E-state index is -4.27. The maximum Gasteiger partial charge on any atom is 0.387 e. The topological polar surface area (TPSA) is 151 Å². The van der Waals surface area contributed by atoms with Gasteiger partial charge < -0.3 is 19.5 Å². The van der Waals surface area contributed by atoms with E-state index in [9.17, 15) is 48.4 Å². The fourth-order valence-electron chi connectivity index (χ4n) is 6.12. The largest absolute Gasteiger partial charge is 0.480 e. The van der Waals surface area contributed by atoms with Crippen molar-refractivity contribution in [1.82, 2.24) is 4.90 Å². The molecule has 5 aromatic carbocycles. The number of carboxylic acids is 1. The summed E-state index contributed by atoms with van der Waals surface area (Å²) in [5.41, 5.74) is 1.07. The first-order valence-electron chi connectivity index (χ1n) is 17.8. The van der Waals surface area contributed by atoms with Crippen molar-refractivity contribution >= 4 is 66.5 Å². The SMILES string of the molecule is O=C(CN(c1ccc(Cl)cc1)S(=O)(=O)c1ccc(OC(F)F)cc1)N1CCCC1c1ccc(F)cc1.O=C(O)CN(c1ccc(Cl)cc1)S(=O)(=O)c1ccc(OC(F)F)cc1. The number of alkyl halides is 4. The van der Waals surface area contributed by atoms with E-state index in [1.54, 1.807) is 17.0 Å². The predicted molar refractivity (Wildman–Crippen MR) is 216 cm³/mol. The molecule has 12 nitrogen and oxygen atoms in total. The molecule has 21 heteroatoms. The Labute approximate surface area is 357 Å². The van der Waals surface area contributed by atoms with Gasteiger partial charge in [0.1, 0.15) is 30.4 Å². The molecule has 324 valence electrons. The predicted octanol–water partition coefficient (Wildman–Crippen LogP) is 8.86. The molecule has 1 fully saturated rings. The van der Waals surface area contributed by atoms with Gasteiger partial charge in [-0.1, -0.05) is 35.3 Å². The number of carbonyl (C=O) groups is 2. The number of nitrogens with zero attached hydrogens (tertiary/aromatic N) is 3. The second-order valence-corrected chi connectivity index (χ2v) is 17.5. The third-order valence-corrected chi connectivity index (χ3v) is 13.0. The molecule has 61 heavy (non-hydrogen) atoms. The monoisotopic (exact) mass is 929 g/mol. The summed E-state index contributed by atoms with van der Waals surface area (Å²) in [4.78, 5) is 25.6. The Hall–Kier alpha value is -5.63. The molecule has 1 atom stereocenters. The van der Waals surface area contributed by atoms with Gasteiger partial charge in [-0.15, -0.1) is 0 Å². The number of rotatable bonds is 15. The van der Waals surface area contributed by atoms with Crippen molar-refractivity contribution in [1.29, 1.82) is 0 Å². The maximum atomic E-state index is 13.6. The number of ether oxygens (including phenoxy) is 2. The maximum absolute atomic E-state index is 13.6. The molecule has 0 aromatic heterocycles. The molecule has 0 saturated carbocycles. The first-order valence-corrected chi connectivity index (χ1v) is 21.4. The van der Waals surface area contributed by atoms with E-state index in [-0.39, 0.29) is 44.5 Å². The van der Waals surface area contributed by atoms with Crippen LogP contribution in [0.3, 0.4) is 0 Å². The van der Waals surface area contributed by atoms with Crippen LogP contribution in [0.1, 0.15) is 24.4 Å². The smallest absolute Gasteiger partial charge is 0.387 e. The molecule has 1 aliphatic heterocycles. The van der Waals surface area contributed by atoms with E-state index in [1.807, 2.05) is 0 Å². The first kappa shape index (κ1) is 46.4. The van der Waals surface area contributed by atoms with E-state index in [2.05, 4.69) is 9.47 Å². The summed E-state index contributed by atoms with van der Waals surface area (Å²) in [5.74, 6) is -2.60. The summed E-state index contributed by atoms with van der Waals surface area (Å²) in [6.07, 6.45) is 1.38. The number of anilines is 2. The lowest BCUT2D eigenvalue weighted by Crippen LogP contribution is -2.42. The van der Waals surface area contributed by atoms with E-state index in [1.165, 1.54) is 60.7 Å². The molecule has 5 aromatic rings. The van der Waals surface area contributed by atoms with Crippen molar-refractivity contribution in [2.75, 3.05) is 28.2 Å². The summed E-state index contributed by atoms with van der Waals surface area (Å²) < 4.78 is 125. The highest BCUT2D eigenvalue weighted by atomic mass is 35.5. The third-order valence-electron chi connectivity index (χ3n) is 8.89. The summed E-state index contributed by atoms with van der Waals surface area (Å²) in [7, 11) is -8.52. The molecule has 0 spiro atoms. The van der Waals surface area contributed by atoms with E-state index in [0.29, 0.717) is 33.7 Å². The number of benzene rings is 5. The molecule has 1 saturated heterocycles. The lowest BCUT2D eigenvalue weighted by Gasteiger charge is -2.30. The lowest BCUT2D eigenvalue weighted by atomic mass is 10.0. The molecule has 1 N–H and O–H groups in total. The van der Waals surface area contributed by atoms with Gasteiger partial charge in [0.25, 0.3) is 20.0 Å². The highest BCUT2D eigenvalue weighted by molar-refractivity contribution is 7.93. The molecule has 1 amide bonds. The van der Waals surface area contributed by atoms with Crippen molar-refractivity contribution in [3.8, 4) is 11.5 Å². The van der Waals surface area contributed by atoms with Crippen LogP contribution in [-0.4, -0.2) is 71.6 Å². The zero-order chi connectivity index (χ0) is 44.5. The number of likely N-dealkylation sites (tertiary alicyclic amines) is 1. The molecular weight excluding hydrogens is 896 g/mol. The van der Waals surface area contributed by atoms with Crippen LogP contribution in [0.4, 0.5) is 33.3 Å². The average molecular weight is 931 g/mol. The average Bonchev–Trinajstić information content (AvgIpc) is 3.71. The zero-order valence-corrected chi connectivity index (χ0v) is 34.5. The van der Waals surface area contributed by atoms with Gasteiger partial charge in [-0.05, 0) is 128 Å². The second kappa shape index (κ2) is 20.3. The van der Waals surface area contributed by atoms with Crippen LogP contribution in [0, 0.1) is 5.82 Å². The van der Waals surface area contributed by atoms with Crippen LogP contribution < -0.4 is 18.1 Å². The first-order chi connectivity index (χ1) is 28.8. The Kier molecular flexibility index (Phi) is 15.4. The Balaban J connectivity index is 0.000000247. The number of aliphatic carboxylic acids is 1. The molecular formula is C40H34Cl2F5N3O9S2. The fourth-order valence-corrected chi connectivity index (χ4v) is 9.20. The third kappa shape index (κ3) is 12.2. The van der Waals surface area contributed by atoms with Crippen molar-refractivity contribution in [2.45, 2.75) is 41.9 Å². The minimum absolute atomic E-state index is 0.0970. The van der Waals surface area contributed by atoms with Gasteiger partial charge in [-0.2, -0.15) is 17.6 Å². The number of carbonyl (C=O) groups excluding carboxylic acids is 1. The molecule has 0 aliphatic carbocycles. The number of hydrogen-bond acceptors (Lipinski definition) is 8. The lowest BCUT2D eigenvalue weighted by molar-refractivity contribution is -0.135. The Morgan fingerprint density at radius 3 is 1.46 bits per heavy atom. The molecule has 0 bridgehead atoms. The summed E-state index contributed by atoms with van der Waals surface area (Å²) in [6, 6.07) is 25.8. The van der Waals surface area contributed by atoms with E-state index < -0.39 is 58.2 Å². The standard InChI is InChI=1S/C25H22ClF3N2O4S.C15H12ClF2NO5S/c26-18-5-9-20(10-6-18)31(36(33,34)22-13-11-21(12-14-22)35-25(28)29)16-24(32)30-15-1-2-23(30)17-3-7-19(27)8-4-17;16-10-1-3-11(4-2-10)19(9-14(20)21)25(22,23)13-7-5-12(6-8-13)24-15(17)18/h3-14,23,25H,1-2,15-16H2;1-8,15H,9H2,(H,20,21). The van der Waals surface area contributed by atoms with Crippen LogP contribution in [0.5, 0.6) is 11.5 Å². The normalized spacial score (nSPS) is 14.0. The van der Waals surface area contributed by atoms with Crippen LogP contribution in [0.2, 0.25) is 10.0 Å². The minimum Gasteiger partial charge on any atom is -0.480 e. The van der Waals surface area contributed by atoms with Crippen LogP contribution in [0.25, 0.3) is 0 Å². The number of hydrogen-bond donors (Lipinski definition) is 1. The summed E-state index contributed by atoms with van der Waals surface area (Å²) in [5, 5.41) is 9.75.